The maximum Gasteiger partial charge on any atom is 0.222 e. The number of hydrogen-bond acceptors (Lipinski definition) is 3. The van der Waals surface area contributed by atoms with E-state index in [1.165, 1.54) is 0 Å². The summed E-state index contributed by atoms with van der Waals surface area (Å²) in [5, 5.41) is 8.57. The molecule has 21 heavy (non-hydrogen) atoms. The molecule has 0 amide bonds. The SMILES string of the molecule is CCCNCc1c(C)nn(C)c1Oc1ccc(Cl)cc1C. The molecular formula is C16H22ClN3O. The summed E-state index contributed by atoms with van der Waals surface area (Å²) in [4.78, 5) is 0. The van der Waals surface area contributed by atoms with Crippen LogP contribution >= 0.6 is 11.6 Å². The van der Waals surface area contributed by atoms with Crippen molar-refractivity contribution in [3.63, 3.8) is 0 Å². The summed E-state index contributed by atoms with van der Waals surface area (Å²) < 4.78 is 7.86. The lowest BCUT2D eigenvalue weighted by molar-refractivity contribution is 0.421. The molecule has 0 saturated heterocycles. The molecule has 1 heterocycles. The number of rotatable bonds is 6. The number of hydrogen-bond donors (Lipinski definition) is 1. The Kier molecular flexibility index (Phi) is 5.26. The van der Waals surface area contributed by atoms with E-state index < -0.39 is 0 Å². The lowest BCUT2D eigenvalue weighted by Crippen LogP contribution is -2.14. The normalized spacial score (nSPS) is 10.9. The van der Waals surface area contributed by atoms with Gasteiger partial charge in [0.2, 0.25) is 5.88 Å². The van der Waals surface area contributed by atoms with Crippen molar-refractivity contribution in [1.29, 1.82) is 0 Å². The van der Waals surface area contributed by atoms with E-state index in [1.54, 1.807) is 4.68 Å². The largest absolute Gasteiger partial charge is 0.439 e. The van der Waals surface area contributed by atoms with Gasteiger partial charge in [-0.2, -0.15) is 5.10 Å². The van der Waals surface area contributed by atoms with Gasteiger partial charge in [-0.25, -0.2) is 4.68 Å². The van der Waals surface area contributed by atoms with Crippen LogP contribution < -0.4 is 10.1 Å². The highest BCUT2D eigenvalue weighted by Gasteiger charge is 2.16. The monoisotopic (exact) mass is 307 g/mol. The fourth-order valence-corrected chi connectivity index (χ4v) is 2.46. The number of aromatic nitrogens is 2. The van der Waals surface area contributed by atoms with Crippen LogP contribution in [0.1, 0.15) is 30.2 Å². The van der Waals surface area contributed by atoms with Crippen molar-refractivity contribution in [2.75, 3.05) is 6.54 Å². The zero-order chi connectivity index (χ0) is 15.4. The highest BCUT2D eigenvalue weighted by molar-refractivity contribution is 6.30. The third kappa shape index (κ3) is 3.77. The maximum absolute atomic E-state index is 6.08. The molecule has 2 aromatic rings. The summed E-state index contributed by atoms with van der Waals surface area (Å²) in [7, 11) is 1.90. The molecule has 0 aliphatic carbocycles. The fraction of sp³-hybridized carbons (Fsp3) is 0.438. The summed E-state index contributed by atoms with van der Waals surface area (Å²) in [5.74, 6) is 1.58. The van der Waals surface area contributed by atoms with Crippen molar-refractivity contribution < 1.29 is 4.74 Å². The third-order valence-electron chi connectivity index (χ3n) is 3.36. The molecule has 114 valence electrons. The van der Waals surface area contributed by atoms with E-state index in [1.807, 2.05) is 39.1 Å². The molecule has 1 aromatic carbocycles. The number of ether oxygens (including phenoxy) is 1. The number of aryl methyl sites for hydroxylation is 3. The molecule has 1 N–H and O–H groups in total. The summed E-state index contributed by atoms with van der Waals surface area (Å²) in [6, 6.07) is 5.63. The van der Waals surface area contributed by atoms with Crippen LogP contribution in [-0.2, 0) is 13.6 Å². The molecule has 1 aromatic heterocycles. The molecular weight excluding hydrogens is 286 g/mol. The quantitative estimate of drug-likeness (QED) is 0.820. The first-order valence-electron chi connectivity index (χ1n) is 7.20. The Labute approximate surface area is 131 Å². The van der Waals surface area contributed by atoms with E-state index in [4.69, 9.17) is 16.3 Å². The predicted molar refractivity (Wildman–Crippen MR) is 86.2 cm³/mol. The predicted octanol–water partition coefficient (Wildman–Crippen LogP) is 3.98. The van der Waals surface area contributed by atoms with Gasteiger partial charge >= 0.3 is 0 Å². The average molecular weight is 308 g/mol. The molecule has 5 heteroatoms. The van der Waals surface area contributed by atoms with Crippen molar-refractivity contribution in [1.82, 2.24) is 15.1 Å². The van der Waals surface area contributed by atoms with E-state index in [0.29, 0.717) is 5.02 Å². The van der Waals surface area contributed by atoms with Crippen molar-refractivity contribution in [3.05, 3.63) is 40.0 Å². The standard InChI is InChI=1S/C16H22ClN3O/c1-5-8-18-10-14-12(3)19-20(4)16(14)21-15-7-6-13(17)9-11(15)2/h6-7,9,18H,5,8,10H2,1-4H3. The molecule has 0 spiro atoms. The van der Waals surface area contributed by atoms with Crippen LogP contribution in [0.3, 0.4) is 0 Å². The highest BCUT2D eigenvalue weighted by Crippen LogP contribution is 2.30. The topological polar surface area (TPSA) is 39.1 Å². The van der Waals surface area contributed by atoms with E-state index >= 15 is 0 Å². The van der Waals surface area contributed by atoms with E-state index in [2.05, 4.69) is 17.3 Å². The Balaban J connectivity index is 2.26. The molecule has 0 aliphatic rings. The van der Waals surface area contributed by atoms with Gasteiger partial charge in [-0.05, 0) is 50.6 Å². The zero-order valence-corrected chi connectivity index (χ0v) is 13.8. The van der Waals surface area contributed by atoms with Gasteiger partial charge in [0.05, 0.1) is 11.3 Å². The van der Waals surface area contributed by atoms with Gasteiger partial charge < -0.3 is 10.1 Å². The minimum absolute atomic E-state index is 0.714. The van der Waals surface area contributed by atoms with Crippen LogP contribution in [0, 0.1) is 13.8 Å². The second kappa shape index (κ2) is 6.96. The van der Waals surface area contributed by atoms with E-state index in [-0.39, 0.29) is 0 Å². The molecule has 0 atom stereocenters. The van der Waals surface area contributed by atoms with Gasteiger partial charge in [0, 0.05) is 18.6 Å². The number of nitrogens with zero attached hydrogens (tertiary/aromatic N) is 2. The van der Waals surface area contributed by atoms with Crippen LogP contribution in [0.4, 0.5) is 0 Å². The highest BCUT2D eigenvalue weighted by atomic mass is 35.5. The molecule has 0 fully saturated rings. The molecule has 0 unspecified atom stereocenters. The number of halogens is 1. The Hall–Kier alpha value is -1.52. The van der Waals surface area contributed by atoms with Gasteiger partial charge in [0.15, 0.2) is 0 Å². The average Bonchev–Trinajstić information content (AvgIpc) is 2.68. The third-order valence-corrected chi connectivity index (χ3v) is 3.60. The summed E-state index contributed by atoms with van der Waals surface area (Å²) >= 11 is 5.99. The van der Waals surface area contributed by atoms with Crippen molar-refractivity contribution in [3.8, 4) is 11.6 Å². The first-order chi connectivity index (χ1) is 10.0. The lowest BCUT2D eigenvalue weighted by atomic mass is 10.2. The second-order valence-corrected chi connectivity index (χ2v) is 5.62. The summed E-state index contributed by atoms with van der Waals surface area (Å²) in [5.41, 5.74) is 3.09. The Morgan fingerprint density at radius 1 is 1.33 bits per heavy atom. The van der Waals surface area contributed by atoms with Crippen LogP contribution in [0.5, 0.6) is 11.6 Å². The first-order valence-corrected chi connectivity index (χ1v) is 7.58. The van der Waals surface area contributed by atoms with E-state index in [9.17, 15) is 0 Å². The van der Waals surface area contributed by atoms with Gasteiger partial charge in [-0.15, -0.1) is 0 Å². The van der Waals surface area contributed by atoms with Crippen LogP contribution in [0.15, 0.2) is 18.2 Å². The van der Waals surface area contributed by atoms with Gasteiger partial charge in [-0.3, -0.25) is 0 Å². The smallest absolute Gasteiger partial charge is 0.222 e. The van der Waals surface area contributed by atoms with E-state index in [0.717, 1.165) is 48.0 Å². The van der Waals surface area contributed by atoms with Crippen molar-refractivity contribution in [2.45, 2.75) is 33.7 Å². The Bertz CT molecular complexity index is 622. The molecule has 0 saturated carbocycles. The second-order valence-electron chi connectivity index (χ2n) is 5.18. The van der Waals surface area contributed by atoms with Gasteiger partial charge in [0.25, 0.3) is 0 Å². The minimum atomic E-state index is 0.714. The lowest BCUT2D eigenvalue weighted by Gasteiger charge is -2.11. The number of benzene rings is 1. The summed E-state index contributed by atoms with van der Waals surface area (Å²) in [6.07, 6.45) is 1.10. The summed E-state index contributed by atoms with van der Waals surface area (Å²) in [6.45, 7) is 7.88. The minimum Gasteiger partial charge on any atom is -0.439 e. The van der Waals surface area contributed by atoms with Gasteiger partial charge in [0.1, 0.15) is 5.75 Å². The molecule has 0 bridgehead atoms. The zero-order valence-electron chi connectivity index (χ0n) is 13.0. The maximum atomic E-state index is 6.08. The van der Waals surface area contributed by atoms with Crippen LogP contribution in [-0.4, -0.2) is 16.3 Å². The Morgan fingerprint density at radius 2 is 2.10 bits per heavy atom. The van der Waals surface area contributed by atoms with Crippen LogP contribution in [0.25, 0.3) is 0 Å². The molecule has 2 rings (SSSR count). The first kappa shape index (κ1) is 15.9. The van der Waals surface area contributed by atoms with Gasteiger partial charge in [-0.1, -0.05) is 18.5 Å². The molecule has 0 aliphatic heterocycles. The van der Waals surface area contributed by atoms with Crippen molar-refractivity contribution in [2.24, 2.45) is 7.05 Å². The Morgan fingerprint density at radius 3 is 2.76 bits per heavy atom. The molecule has 0 radical (unpaired) electrons. The fourth-order valence-electron chi connectivity index (χ4n) is 2.23. The number of nitrogens with one attached hydrogen (secondary N) is 1. The van der Waals surface area contributed by atoms with Crippen molar-refractivity contribution >= 4 is 11.6 Å². The van der Waals surface area contributed by atoms with Crippen LogP contribution in [0.2, 0.25) is 5.02 Å². The molecule has 4 nitrogen and oxygen atoms in total.